The Kier molecular flexibility index (Phi) is 5.45. The lowest BCUT2D eigenvalue weighted by Crippen LogP contribution is -2.26. The Bertz CT molecular complexity index is 982. The molecule has 9 heteroatoms. The number of likely N-dealkylation sites (N-methyl/N-ethyl adjacent to an activating group) is 1. The van der Waals surface area contributed by atoms with Gasteiger partial charge >= 0.3 is 5.97 Å². The summed E-state index contributed by atoms with van der Waals surface area (Å²) in [5.41, 5.74) is 1.90. The number of hydrogen-bond acceptors (Lipinski definition) is 7. The Balaban J connectivity index is 2.01. The molecule has 1 aliphatic rings. The minimum absolute atomic E-state index is 0.111. The van der Waals surface area contributed by atoms with Crippen LogP contribution in [-0.2, 0) is 27.7 Å². The van der Waals surface area contributed by atoms with Crippen LogP contribution in [0.5, 0.6) is 5.75 Å². The van der Waals surface area contributed by atoms with Crippen molar-refractivity contribution >= 4 is 32.3 Å². The standard InChI is InChI=1S/C18H22N2O5S2/c1-11-9-12(5-6-14(11)24-3)27(22,23)19-17-16(18(21)25-4)13-7-8-20(2)10-15(13)26-17/h5-6,9,19H,7-8,10H2,1-4H3. The van der Waals surface area contributed by atoms with Crippen LogP contribution in [0.3, 0.4) is 0 Å². The lowest BCUT2D eigenvalue weighted by atomic mass is 10.0. The Morgan fingerprint density at radius 2 is 2.04 bits per heavy atom. The van der Waals surface area contributed by atoms with Gasteiger partial charge in [-0.15, -0.1) is 11.3 Å². The molecule has 0 aliphatic carbocycles. The summed E-state index contributed by atoms with van der Waals surface area (Å²) in [6, 6.07) is 4.63. The molecule has 1 aromatic carbocycles. The van der Waals surface area contributed by atoms with Crippen LogP contribution < -0.4 is 9.46 Å². The zero-order valence-corrected chi connectivity index (χ0v) is 17.3. The Morgan fingerprint density at radius 3 is 2.67 bits per heavy atom. The molecular formula is C18H22N2O5S2. The molecule has 2 heterocycles. The molecule has 0 saturated heterocycles. The monoisotopic (exact) mass is 410 g/mol. The predicted octanol–water partition coefficient (Wildman–Crippen LogP) is 2.64. The number of ether oxygens (including phenoxy) is 2. The highest BCUT2D eigenvalue weighted by Crippen LogP contribution is 2.38. The van der Waals surface area contributed by atoms with Gasteiger partial charge in [-0.05, 0) is 49.7 Å². The zero-order valence-electron chi connectivity index (χ0n) is 15.7. The summed E-state index contributed by atoms with van der Waals surface area (Å²) < 4.78 is 38.4. The van der Waals surface area contributed by atoms with E-state index in [0.29, 0.717) is 34.8 Å². The Morgan fingerprint density at radius 1 is 1.30 bits per heavy atom. The molecule has 0 radical (unpaired) electrons. The molecule has 3 rings (SSSR count). The summed E-state index contributed by atoms with van der Waals surface area (Å²) in [6.45, 7) is 3.25. The van der Waals surface area contributed by atoms with Gasteiger partial charge in [0, 0.05) is 18.0 Å². The van der Waals surface area contributed by atoms with E-state index < -0.39 is 16.0 Å². The van der Waals surface area contributed by atoms with Crippen LogP contribution in [0.25, 0.3) is 0 Å². The molecule has 1 N–H and O–H groups in total. The van der Waals surface area contributed by atoms with Gasteiger partial charge in [-0.1, -0.05) is 0 Å². The molecule has 0 amide bonds. The normalized spacial score (nSPS) is 14.5. The van der Waals surface area contributed by atoms with Gasteiger partial charge in [0.2, 0.25) is 0 Å². The second-order valence-corrected chi connectivity index (χ2v) is 9.21. The summed E-state index contributed by atoms with van der Waals surface area (Å²) >= 11 is 1.29. The van der Waals surface area contributed by atoms with Gasteiger partial charge in [-0.2, -0.15) is 0 Å². The van der Waals surface area contributed by atoms with Crippen molar-refractivity contribution in [1.29, 1.82) is 0 Å². The number of sulfonamides is 1. The van der Waals surface area contributed by atoms with E-state index in [4.69, 9.17) is 9.47 Å². The Hall–Kier alpha value is -2.10. The third-order valence-corrected chi connectivity index (χ3v) is 7.15. The molecule has 7 nitrogen and oxygen atoms in total. The predicted molar refractivity (Wildman–Crippen MR) is 104 cm³/mol. The molecule has 1 aliphatic heterocycles. The van der Waals surface area contributed by atoms with Gasteiger partial charge in [0.1, 0.15) is 10.8 Å². The number of hydrogen-bond donors (Lipinski definition) is 1. The van der Waals surface area contributed by atoms with E-state index in [1.54, 1.807) is 19.1 Å². The first kappa shape index (κ1) is 19.7. The number of fused-ring (bicyclic) bond motifs is 1. The summed E-state index contributed by atoms with van der Waals surface area (Å²) in [5.74, 6) is 0.0829. The van der Waals surface area contributed by atoms with Gasteiger partial charge in [-0.25, -0.2) is 13.2 Å². The van der Waals surface area contributed by atoms with Crippen molar-refractivity contribution in [1.82, 2.24) is 4.90 Å². The number of benzene rings is 1. The number of thiophene rings is 1. The quantitative estimate of drug-likeness (QED) is 0.763. The van der Waals surface area contributed by atoms with Crippen LogP contribution in [0, 0.1) is 6.92 Å². The van der Waals surface area contributed by atoms with Gasteiger partial charge in [0.15, 0.2) is 0 Å². The molecule has 0 spiro atoms. The van der Waals surface area contributed by atoms with E-state index in [1.807, 2.05) is 7.05 Å². The number of aryl methyl sites for hydroxylation is 1. The summed E-state index contributed by atoms with van der Waals surface area (Å²) in [7, 11) is 0.966. The number of methoxy groups -OCH3 is 2. The minimum Gasteiger partial charge on any atom is -0.496 e. The fourth-order valence-corrected chi connectivity index (χ4v) is 5.83. The maximum atomic E-state index is 12.9. The maximum absolute atomic E-state index is 12.9. The van der Waals surface area contributed by atoms with Crippen LogP contribution in [0.15, 0.2) is 23.1 Å². The van der Waals surface area contributed by atoms with Crippen molar-refractivity contribution in [2.24, 2.45) is 0 Å². The lowest BCUT2D eigenvalue weighted by Gasteiger charge is -2.22. The van der Waals surface area contributed by atoms with E-state index >= 15 is 0 Å². The SMILES string of the molecule is COC(=O)c1c(NS(=O)(=O)c2ccc(OC)c(C)c2)sc2c1CCN(C)C2. The average Bonchev–Trinajstić information content (AvgIpc) is 2.96. The highest BCUT2D eigenvalue weighted by molar-refractivity contribution is 7.93. The maximum Gasteiger partial charge on any atom is 0.341 e. The second kappa shape index (κ2) is 7.49. The second-order valence-electron chi connectivity index (χ2n) is 6.42. The molecule has 0 saturated carbocycles. The molecule has 0 unspecified atom stereocenters. The van der Waals surface area contributed by atoms with Crippen LogP contribution in [-0.4, -0.2) is 47.1 Å². The van der Waals surface area contributed by atoms with Crippen LogP contribution >= 0.6 is 11.3 Å². The third-order valence-electron chi connectivity index (χ3n) is 4.54. The number of nitrogens with zero attached hydrogens (tertiary/aromatic N) is 1. The minimum atomic E-state index is -3.85. The van der Waals surface area contributed by atoms with E-state index in [2.05, 4.69) is 9.62 Å². The first-order chi connectivity index (χ1) is 12.8. The number of carbonyl (C=O) groups is 1. The van der Waals surface area contributed by atoms with Crippen LogP contribution in [0.4, 0.5) is 5.00 Å². The van der Waals surface area contributed by atoms with Crippen molar-refractivity contribution in [3.05, 3.63) is 39.8 Å². The fourth-order valence-electron chi connectivity index (χ4n) is 3.12. The zero-order chi connectivity index (χ0) is 19.8. The summed E-state index contributed by atoms with van der Waals surface area (Å²) in [5, 5.41) is 0.302. The number of nitrogens with one attached hydrogen (secondary N) is 1. The summed E-state index contributed by atoms with van der Waals surface area (Å²) in [6.07, 6.45) is 0.677. The molecule has 146 valence electrons. The van der Waals surface area contributed by atoms with Crippen molar-refractivity contribution in [2.45, 2.75) is 24.8 Å². The number of anilines is 1. The third kappa shape index (κ3) is 3.80. The van der Waals surface area contributed by atoms with Gasteiger partial charge < -0.3 is 14.4 Å². The smallest absolute Gasteiger partial charge is 0.341 e. The van der Waals surface area contributed by atoms with Crippen molar-refractivity contribution < 1.29 is 22.7 Å². The molecule has 0 bridgehead atoms. The number of carbonyl (C=O) groups excluding carboxylic acids is 1. The van der Waals surface area contributed by atoms with Gasteiger partial charge in [-0.3, -0.25) is 4.72 Å². The largest absolute Gasteiger partial charge is 0.496 e. The van der Waals surface area contributed by atoms with E-state index in [1.165, 1.54) is 31.6 Å². The summed E-state index contributed by atoms with van der Waals surface area (Å²) in [4.78, 5) is 15.5. The van der Waals surface area contributed by atoms with E-state index in [-0.39, 0.29) is 4.90 Å². The van der Waals surface area contributed by atoms with Crippen molar-refractivity contribution in [2.75, 3.05) is 32.5 Å². The highest BCUT2D eigenvalue weighted by atomic mass is 32.2. The van der Waals surface area contributed by atoms with Crippen LogP contribution in [0.1, 0.15) is 26.4 Å². The van der Waals surface area contributed by atoms with Crippen molar-refractivity contribution in [3.63, 3.8) is 0 Å². The fraction of sp³-hybridized carbons (Fsp3) is 0.389. The number of rotatable bonds is 5. The number of esters is 1. The van der Waals surface area contributed by atoms with Gasteiger partial charge in [0.05, 0.1) is 24.7 Å². The van der Waals surface area contributed by atoms with E-state index in [0.717, 1.165) is 17.0 Å². The lowest BCUT2D eigenvalue weighted by molar-refractivity contribution is 0.0600. The first-order valence-corrected chi connectivity index (χ1v) is 10.7. The molecule has 0 fully saturated rings. The molecule has 0 atom stereocenters. The topological polar surface area (TPSA) is 84.9 Å². The van der Waals surface area contributed by atoms with E-state index in [9.17, 15) is 13.2 Å². The molecular weight excluding hydrogens is 388 g/mol. The molecule has 2 aromatic rings. The van der Waals surface area contributed by atoms with Gasteiger partial charge in [0.25, 0.3) is 10.0 Å². The Labute approximate surface area is 163 Å². The van der Waals surface area contributed by atoms with Crippen molar-refractivity contribution in [3.8, 4) is 5.75 Å². The van der Waals surface area contributed by atoms with Crippen LogP contribution in [0.2, 0.25) is 0 Å². The first-order valence-electron chi connectivity index (χ1n) is 8.35. The average molecular weight is 411 g/mol. The molecule has 27 heavy (non-hydrogen) atoms. The highest BCUT2D eigenvalue weighted by Gasteiger charge is 2.30. The molecule has 1 aromatic heterocycles.